The smallest absolute Gasteiger partial charge is 0.225 e. The van der Waals surface area contributed by atoms with Gasteiger partial charge in [0.2, 0.25) is 5.91 Å². The van der Waals surface area contributed by atoms with Gasteiger partial charge in [0.15, 0.2) is 0 Å². The van der Waals surface area contributed by atoms with Crippen molar-refractivity contribution in [2.75, 3.05) is 55.4 Å². The van der Waals surface area contributed by atoms with Crippen LogP contribution in [0.15, 0.2) is 54.6 Å². The van der Waals surface area contributed by atoms with Crippen molar-refractivity contribution >= 4 is 41.3 Å². The highest BCUT2D eigenvalue weighted by molar-refractivity contribution is 6.18. The number of amides is 1. The van der Waals surface area contributed by atoms with Crippen molar-refractivity contribution in [3.8, 4) is 5.75 Å². The Morgan fingerprint density at radius 3 is 2.37 bits per heavy atom. The van der Waals surface area contributed by atoms with Gasteiger partial charge in [-0.05, 0) is 36.4 Å². The van der Waals surface area contributed by atoms with Crippen molar-refractivity contribution < 1.29 is 14.6 Å². The molecular formula is C22H29Cl2N3O3. The minimum atomic E-state index is -0.689. The Balaban J connectivity index is 0.00000320. The fraction of sp³-hybridized carbons (Fsp3) is 0.409. The molecule has 2 aromatic rings. The van der Waals surface area contributed by atoms with Crippen LogP contribution in [-0.2, 0) is 4.79 Å². The lowest BCUT2D eigenvalue weighted by Crippen LogP contribution is -2.47. The predicted octanol–water partition coefficient (Wildman–Crippen LogP) is 3.24. The highest BCUT2D eigenvalue weighted by Gasteiger charge is 2.17. The van der Waals surface area contributed by atoms with Gasteiger partial charge in [-0.15, -0.1) is 24.0 Å². The summed E-state index contributed by atoms with van der Waals surface area (Å²) in [7, 11) is 0. The number of rotatable bonds is 9. The minimum Gasteiger partial charge on any atom is -0.491 e. The fourth-order valence-electron chi connectivity index (χ4n) is 3.22. The molecule has 1 heterocycles. The van der Waals surface area contributed by atoms with Crippen LogP contribution in [0.4, 0.5) is 11.4 Å². The van der Waals surface area contributed by atoms with E-state index in [0.717, 1.165) is 38.4 Å². The summed E-state index contributed by atoms with van der Waals surface area (Å²) in [4.78, 5) is 17.0. The number of halogens is 2. The first-order valence-electron chi connectivity index (χ1n) is 9.93. The normalized spacial score (nSPS) is 15.2. The van der Waals surface area contributed by atoms with Gasteiger partial charge in [-0.2, -0.15) is 0 Å². The third kappa shape index (κ3) is 7.69. The van der Waals surface area contributed by atoms with Gasteiger partial charge < -0.3 is 20.1 Å². The highest BCUT2D eigenvalue weighted by Crippen LogP contribution is 2.17. The molecule has 0 radical (unpaired) electrons. The van der Waals surface area contributed by atoms with Gasteiger partial charge in [-0.25, -0.2) is 0 Å². The summed E-state index contributed by atoms with van der Waals surface area (Å²) in [6.45, 7) is 4.78. The van der Waals surface area contributed by atoms with E-state index in [1.54, 1.807) is 24.3 Å². The Hall–Kier alpha value is -1.99. The molecule has 0 bridgehead atoms. The van der Waals surface area contributed by atoms with Crippen LogP contribution in [0.3, 0.4) is 0 Å². The molecule has 1 aliphatic heterocycles. The van der Waals surface area contributed by atoms with Gasteiger partial charge in [0.1, 0.15) is 18.5 Å². The predicted molar refractivity (Wildman–Crippen MR) is 124 cm³/mol. The molecule has 1 atom stereocenters. The second-order valence-electron chi connectivity index (χ2n) is 7.11. The molecule has 1 fully saturated rings. The van der Waals surface area contributed by atoms with E-state index in [0.29, 0.717) is 12.2 Å². The molecule has 0 aliphatic carbocycles. The molecule has 0 saturated carbocycles. The first kappa shape index (κ1) is 24.3. The van der Waals surface area contributed by atoms with Crippen LogP contribution < -0.4 is 15.0 Å². The molecule has 0 spiro atoms. The first-order valence-corrected chi connectivity index (χ1v) is 10.5. The summed E-state index contributed by atoms with van der Waals surface area (Å²) < 4.78 is 5.43. The van der Waals surface area contributed by atoms with Crippen molar-refractivity contribution in [1.82, 2.24) is 4.90 Å². The number of ether oxygens (including phenoxy) is 1. The zero-order valence-electron chi connectivity index (χ0n) is 16.9. The third-order valence-electron chi connectivity index (χ3n) is 4.91. The van der Waals surface area contributed by atoms with Crippen molar-refractivity contribution in [3.63, 3.8) is 0 Å². The van der Waals surface area contributed by atoms with Crippen molar-refractivity contribution in [3.05, 3.63) is 54.6 Å². The first-order chi connectivity index (χ1) is 14.1. The molecule has 3 rings (SSSR count). The second-order valence-corrected chi connectivity index (χ2v) is 7.41. The lowest BCUT2D eigenvalue weighted by atomic mass is 10.2. The second kappa shape index (κ2) is 12.6. The molecule has 2 aromatic carbocycles. The number of aliphatic hydroxyl groups excluding tert-OH is 1. The lowest BCUT2D eigenvalue weighted by molar-refractivity contribution is -0.116. The Labute approximate surface area is 189 Å². The number of carbonyl (C=O) groups is 1. The number of hydrogen-bond donors (Lipinski definition) is 2. The number of piperazine rings is 1. The minimum absolute atomic E-state index is 0. The van der Waals surface area contributed by atoms with Gasteiger partial charge in [-0.3, -0.25) is 9.69 Å². The number of anilines is 2. The quantitative estimate of drug-likeness (QED) is 0.570. The summed E-state index contributed by atoms with van der Waals surface area (Å²) in [5, 5.41) is 12.3. The maximum Gasteiger partial charge on any atom is 0.225 e. The number of alkyl halides is 1. The number of para-hydroxylation sites is 1. The molecular weight excluding hydrogens is 425 g/mol. The molecule has 8 heteroatoms. The summed E-state index contributed by atoms with van der Waals surface area (Å²) in [5.74, 6) is 0.764. The van der Waals surface area contributed by atoms with Crippen LogP contribution >= 0.6 is 24.0 Å². The van der Waals surface area contributed by atoms with E-state index in [-0.39, 0.29) is 30.8 Å². The number of carbonyl (C=O) groups excluding carboxylic acids is 1. The average molecular weight is 454 g/mol. The van der Waals surface area contributed by atoms with E-state index >= 15 is 0 Å². The maximum absolute atomic E-state index is 12.3. The van der Waals surface area contributed by atoms with E-state index < -0.39 is 6.10 Å². The SMILES string of the molecule is Cl.O=C(CCN1CCN(c2ccccc2)CC1)Nc1ccc(OC[C@@H](O)CCl)cc1. The number of hydrogen-bond acceptors (Lipinski definition) is 5. The Morgan fingerprint density at radius 2 is 1.73 bits per heavy atom. The number of nitrogens with zero attached hydrogens (tertiary/aromatic N) is 2. The molecule has 1 saturated heterocycles. The van der Waals surface area contributed by atoms with E-state index in [4.69, 9.17) is 16.3 Å². The molecule has 0 aromatic heterocycles. The van der Waals surface area contributed by atoms with Crippen molar-refractivity contribution in [2.45, 2.75) is 12.5 Å². The van der Waals surface area contributed by atoms with Gasteiger partial charge in [0, 0.05) is 50.5 Å². The van der Waals surface area contributed by atoms with Crippen molar-refractivity contribution in [1.29, 1.82) is 0 Å². The van der Waals surface area contributed by atoms with Crippen LogP contribution in [0.2, 0.25) is 0 Å². The van der Waals surface area contributed by atoms with Crippen molar-refractivity contribution in [2.24, 2.45) is 0 Å². The standard InChI is InChI=1S/C22H28ClN3O3.ClH/c23-16-20(27)17-29-21-8-6-18(7-9-21)24-22(28)10-11-25-12-14-26(15-13-25)19-4-2-1-3-5-19;/h1-9,20,27H,10-17H2,(H,24,28);1H/t20-;/m0./s1. The summed E-state index contributed by atoms with van der Waals surface area (Å²) in [6.07, 6.45) is -0.225. The van der Waals surface area contributed by atoms with E-state index in [1.807, 2.05) is 6.07 Å². The highest BCUT2D eigenvalue weighted by atomic mass is 35.5. The van der Waals surface area contributed by atoms with E-state index in [2.05, 4.69) is 39.4 Å². The lowest BCUT2D eigenvalue weighted by Gasteiger charge is -2.36. The molecule has 2 N–H and O–H groups in total. The summed E-state index contributed by atoms with van der Waals surface area (Å²) in [6, 6.07) is 17.5. The zero-order valence-corrected chi connectivity index (χ0v) is 18.4. The van der Waals surface area contributed by atoms with Crippen LogP contribution in [-0.4, -0.2) is 67.2 Å². The molecule has 6 nitrogen and oxygen atoms in total. The molecule has 0 unspecified atom stereocenters. The topological polar surface area (TPSA) is 65.0 Å². The molecule has 164 valence electrons. The van der Waals surface area contributed by atoms with Crippen LogP contribution in [0.25, 0.3) is 0 Å². The Morgan fingerprint density at radius 1 is 1.07 bits per heavy atom. The molecule has 1 aliphatic rings. The van der Waals surface area contributed by atoms with E-state index in [1.165, 1.54) is 5.69 Å². The van der Waals surface area contributed by atoms with E-state index in [9.17, 15) is 9.90 Å². The van der Waals surface area contributed by atoms with Gasteiger partial charge in [0.25, 0.3) is 0 Å². The van der Waals surface area contributed by atoms with Crippen LogP contribution in [0, 0.1) is 0 Å². The fourth-order valence-corrected chi connectivity index (χ4v) is 3.31. The number of benzene rings is 2. The maximum atomic E-state index is 12.3. The summed E-state index contributed by atoms with van der Waals surface area (Å²) in [5.41, 5.74) is 1.99. The Kier molecular flexibility index (Phi) is 10.2. The van der Waals surface area contributed by atoms with Crippen LogP contribution in [0.1, 0.15) is 6.42 Å². The molecule has 30 heavy (non-hydrogen) atoms. The number of aliphatic hydroxyl groups is 1. The number of nitrogens with one attached hydrogen (secondary N) is 1. The van der Waals surface area contributed by atoms with Gasteiger partial charge >= 0.3 is 0 Å². The van der Waals surface area contributed by atoms with Crippen LogP contribution in [0.5, 0.6) is 5.75 Å². The van der Waals surface area contributed by atoms with Gasteiger partial charge in [-0.1, -0.05) is 18.2 Å². The molecule has 1 amide bonds. The monoisotopic (exact) mass is 453 g/mol. The zero-order chi connectivity index (χ0) is 20.5. The third-order valence-corrected chi connectivity index (χ3v) is 5.26. The summed E-state index contributed by atoms with van der Waals surface area (Å²) >= 11 is 5.54. The average Bonchev–Trinajstić information content (AvgIpc) is 2.78. The Bertz CT molecular complexity index is 754. The largest absolute Gasteiger partial charge is 0.491 e. The van der Waals surface area contributed by atoms with Gasteiger partial charge in [0.05, 0.1) is 5.88 Å².